The summed E-state index contributed by atoms with van der Waals surface area (Å²) < 4.78 is 5.77. The molecule has 0 aliphatic carbocycles. The highest BCUT2D eigenvalue weighted by atomic mass is 16.5. The molecule has 2 aromatic rings. The topological polar surface area (TPSA) is 21.3 Å². The second kappa shape index (κ2) is 6.39. The van der Waals surface area contributed by atoms with E-state index in [2.05, 4.69) is 50.0 Å². The van der Waals surface area contributed by atoms with Crippen molar-refractivity contribution in [2.24, 2.45) is 0 Å². The van der Waals surface area contributed by atoms with E-state index in [0.29, 0.717) is 12.6 Å². The molecule has 2 nitrogen and oxygen atoms in total. The highest BCUT2D eigenvalue weighted by Gasteiger charge is 2.00. The molecule has 0 heterocycles. The number of hydrogen-bond acceptors (Lipinski definition) is 2. The van der Waals surface area contributed by atoms with Crippen molar-refractivity contribution < 1.29 is 4.74 Å². The lowest BCUT2D eigenvalue weighted by atomic mass is 10.1. The Morgan fingerprint density at radius 3 is 2.63 bits per heavy atom. The van der Waals surface area contributed by atoms with Crippen LogP contribution in [-0.4, -0.2) is 19.2 Å². The van der Waals surface area contributed by atoms with Crippen LogP contribution in [0.3, 0.4) is 0 Å². The van der Waals surface area contributed by atoms with Crippen molar-refractivity contribution in [3.63, 3.8) is 0 Å². The standard InChI is InChI=1S/C17H21NO/c1-13(2)18-11-14(3)12-19-17-9-8-15-6-4-5-7-16(15)10-17/h4-10,13,18H,3,11-12H2,1-2H3. The molecule has 0 fully saturated rings. The van der Waals surface area contributed by atoms with Crippen LogP contribution < -0.4 is 10.1 Å². The minimum Gasteiger partial charge on any atom is -0.489 e. The smallest absolute Gasteiger partial charge is 0.120 e. The fourth-order valence-corrected chi connectivity index (χ4v) is 1.84. The molecular weight excluding hydrogens is 234 g/mol. The summed E-state index contributed by atoms with van der Waals surface area (Å²) in [5, 5.41) is 5.76. The third-order valence-corrected chi connectivity index (χ3v) is 2.92. The zero-order valence-corrected chi connectivity index (χ0v) is 11.6. The van der Waals surface area contributed by atoms with Gasteiger partial charge in [0, 0.05) is 12.6 Å². The average Bonchev–Trinajstić information content (AvgIpc) is 2.42. The molecule has 0 atom stereocenters. The van der Waals surface area contributed by atoms with Crippen LogP contribution in [0.5, 0.6) is 5.75 Å². The van der Waals surface area contributed by atoms with Crippen LogP contribution in [0.1, 0.15) is 13.8 Å². The Bertz CT molecular complexity index is 560. The lowest BCUT2D eigenvalue weighted by Crippen LogP contribution is -2.26. The fourth-order valence-electron chi connectivity index (χ4n) is 1.84. The molecule has 0 aliphatic rings. The van der Waals surface area contributed by atoms with E-state index in [1.807, 2.05) is 18.2 Å². The number of nitrogens with one attached hydrogen (secondary N) is 1. The van der Waals surface area contributed by atoms with Crippen molar-refractivity contribution in [2.45, 2.75) is 19.9 Å². The molecular formula is C17H21NO. The van der Waals surface area contributed by atoms with Gasteiger partial charge >= 0.3 is 0 Å². The van der Waals surface area contributed by atoms with Gasteiger partial charge in [0.05, 0.1) is 0 Å². The van der Waals surface area contributed by atoms with Crippen molar-refractivity contribution in [2.75, 3.05) is 13.2 Å². The van der Waals surface area contributed by atoms with E-state index in [-0.39, 0.29) is 0 Å². The highest BCUT2D eigenvalue weighted by Crippen LogP contribution is 2.20. The normalized spacial score (nSPS) is 10.9. The van der Waals surface area contributed by atoms with Gasteiger partial charge < -0.3 is 10.1 Å². The zero-order chi connectivity index (χ0) is 13.7. The maximum Gasteiger partial charge on any atom is 0.120 e. The van der Waals surface area contributed by atoms with Gasteiger partial charge in [-0.3, -0.25) is 0 Å². The van der Waals surface area contributed by atoms with E-state index in [4.69, 9.17) is 4.74 Å². The maximum atomic E-state index is 5.77. The van der Waals surface area contributed by atoms with Crippen LogP contribution in [0.4, 0.5) is 0 Å². The molecule has 1 N–H and O–H groups in total. The molecule has 0 saturated heterocycles. The molecule has 0 aliphatic heterocycles. The zero-order valence-electron chi connectivity index (χ0n) is 11.6. The van der Waals surface area contributed by atoms with Crippen LogP contribution in [0.15, 0.2) is 54.6 Å². The molecule has 2 rings (SSSR count). The van der Waals surface area contributed by atoms with Crippen LogP contribution >= 0.6 is 0 Å². The van der Waals surface area contributed by atoms with E-state index in [1.165, 1.54) is 10.8 Å². The van der Waals surface area contributed by atoms with Gasteiger partial charge in [-0.15, -0.1) is 0 Å². The number of ether oxygens (including phenoxy) is 1. The summed E-state index contributed by atoms with van der Waals surface area (Å²) in [5.41, 5.74) is 1.06. The van der Waals surface area contributed by atoms with E-state index >= 15 is 0 Å². The lowest BCUT2D eigenvalue weighted by molar-refractivity contribution is 0.347. The van der Waals surface area contributed by atoms with Gasteiger partial charge in [0.25, 0.3) is 0 Å². The third-order valence-electron chi connectivity index (χ3n) is 2.92. The summed E-state index contributed by atoms with van der Waals surface area (Å²) in [6, 6.07) is 14.9. The van der Waals surface area contributed by atoms with Crippen LogP contribution in [0.2, 0.25) is 0 Å². The Kier molecular flexibility index (Phi) is 4.58. The monoisotopic (exact) mass is 255 g/mol. The van der Waals surface area contributed by atoms with E-state index in [9.17, 15) is 0 Å². The van der Waals surface area contributed by atoms with E-state index < -0.39 is 0 Å². The summed E-state index contributed by atoms with van der Waals surface area (Å²) in [6.07, 6.45) is 0. The molecule has 2 aromatic carbocycles. The van der Waals surface area contributed by atoms with Crippen LogP contribution in [0, 0.1) is 0 Å². The Labute approximate surface area is 115 Å². The lowest BCUT2D eigenvalue weighted by Gasteiger charge is -2.12. The summed E-state index contributed by atoms with van der Waals surface area (Å²) in [5.74, 6) is 0.893. The van der Waals surface area contributed by atoms with E-state index in [0.717, 1.165) is 17.9 Å². The SMILES string of the molecule is C=C(CNC(C)C)COc1ccc2ccccc2c1. The van der Waals surface area contributed by atoms with Gasteiger partial charge in [-0.25, -0.2) is 0 Å². The first kappa shape index (κ1) is 13.6. The molecule has 0 spiro atoms. The average molecular weight is 255 g/mol. The molecule has 100 valence electrons. The third kappa shape index (κ3) is 4.11. The Balaban J connectivity index is 1.92. The molecule has 0 unspecified atom stereocenters. The fraction of sp³-hybridized carbons (Fsp3) is 0.294. The van der Waals surface area contributed by atoms with Gasteiger partial charge in [-0.05, 0) is 28.5 Å². The molecule has 0 bridgehead atoms. The van der Waals surface area contributed by atoms with Gasteiger partial charge in [0.1, 0.15) is 12.4 Å². The number of rotatable bonds is 6. The van der Waals surface area contributed by atoms with Gasteiger partial charge in [-0.1, -0.05) is 50.8 Å². The second-order valence-corrected chi connectivity index (χ2v) is 5.08. The first-order valence-electron chi connectivity index (χ1n) is 6.67. The molecule has 0 amide bonds. The summed E-state index contributed by atoms with van der Waals surface area (Å²) in [6.45, 7) is 9.61. The Morgan fingerprint density at radius 1 is 1.16 bits per heavy atom. The highest BCUT2D eigenvalue weighted by molar-refractivity contribution is 5.83. The number of benzene rings is 2. The quantitative estimate of drug-likeness (QED) is 0.793. The van der Waals surface area contributed by atoms with Crippen molar-refractivity contribution in [1.29, 1.82) is 0 Å². The largest absolute Gasteiger partial charge is 0.489 e. The molecule has 2 heteroatoms. The van der Waals surface area contributed by atoms with Crippen molar-refractivity contribution in [3.05, 3.63) is 54.6 Å². The summed E-state index contributed by atoms with van der Waals surface area (Å²) in [4.78, 5) is 0. The predicted octanol–water partition coefficient (Wildman–Crippen LogP) is 3.77. The van der Waals surface area contributed by atoms with Crippen molar-refractivity contribution in [3.8, 4) is 5.75 Å². The molecule has 0 saturated carbocycles. The minimum atomic E-state index is 0.470. The first-order chi connectivity index (χ1) is 9.15. The van der Waals surface area contributed by atoms with Gasteiger partial charge in [-0.2, -0.15) is 0 Å². The van der Waals surface area contributed by atoms with Crippen LogP contribution in [-0.2, 0) is 0 Å². The van der Waals surface area contributed by atoms with Crippen LogP contribution in [0.25, 0.3) is 10.8 Å². The van der Waals surface area contributed by atoms with Gasteiger partial charge in [0.15, 0.2) is 0 Å². The first-order valence-corrected chi connectivity index (χ1v) is 6.67. The minimum absolute atomic E-state index is 0.470. The van der Waals surface area contributed by atoms with Crippen molar-refractivity contribution in [1.82, 2.24) is 5.32 Å². The number of hydrogen-bond donors (Lipinski definition) is 1. The molecule has 0 aromatic heterocycles. The maximum absolute atomic E-state index is 5.77. The second-order valence-electron chi connectivity index (χ2n) is 5.08. The number of fused-ring (bicyclic) bond motifs is 1. The Morgan fingerprint density at radius 2 is 1.89 bits per heavy atom. The van der Waals surface area contributed by atoms with E-state index in [1.54, 1.807) is 0 Å². The molecule has 0 radical (unpaired) electrons. The predicted molar refractivity (Wildman–Crippen MR) is 81.7 cm³/mol. The van der Waals surface area contributed by atoms with Crippen molar-refractivity contribution >= 4 is 10.8 Å². The summed E-state index contributed by atoms with van der Waals surface area (Å²) in [7, 11) is 0. The van der Waals surface area contributed by atoms with Gasteiger partial charge in [0.2, 0.25) is 0 Å². The summed E-state index contributed by atoms with van der Waals surface area (Å²) >= 11 is 0. The molecule has 19 heavy (non-hydrogen) atoms. The Hall–Kier alpha value is -1.80.